The third-order valence-electron chi connectivity index (χ3n) is 3.16. The molecule has 110 valence electrons. The number of nitrogens with one attached hydrogen (secondary N) is 1. The second-order valence-corrected chi connectivity index (χ2v) is 5.04. The van der Waals surface area contributed by atoms with Gasteiger partial charge in [-0.15, -0.1) is 0 Å². The van der Waals surface area contributed by atoms with Crippen molar-refractivity contribution in [1.29, 1.82) is 0 Å². The van der Waals surface area contributed by atoms with Crippen molar-refractivity contribution in [2.24, 2.45) is 0 Å². The van der Waals surface area contributed by atoms with Crippen LogP contribution in [0.25, 0.3) is 0 Å². The second-order valence-electron chi connectivity index (χ2n) is 4.64. The third-order valence-corrected chi connectivity index (χ3v) is 3.47. The quantitative estimate of drug-likeness (QED) is 0.900. The lowest BCUT2D eigenvalue weighted by molar-refractivity contribution is -0.167. The molecule has 2 rings (SSSR count). The first-order chi connectivity index (χ1) is 9.39. The van der Waals surface area contributed by atoms with E-state index >= 15 is 0 Å². The van der Waals surface area contributed by atoms with Crippen molar-refractivity contribution in [3.05, 3.63) is 23.2 Å². The minimum absolute atomic E-state index is 0.0988. The van der Waals surface area contributed by atoms with E-state index in [0.717, 1.165) is 32.4 Å². The Morgan fingerprint density at radius 2 is 1.85 bits per heavy atom. The van der Waals surface area contributed by atoms with Gasteiger partial charge in [-0.1, -0.05) is 17.7 Å². The molecule has 1 aliphatic rings. The van der Waals surface area contributed by atoms with Crippen LogP contribution in [0, 0.1) is 0 Å². The predicted octanol–water partition coefficient (Wildman–Crippen LogP) is 3.83. The van der Waals surface area contributed by atoms with Gasteiger partial charge >= 0.3 is 12.1 Å². The number of hydrogen-bond donors (Lipinski definition) is 1. The molecule has 3 nitrogen and oxygen atoms in total. The Labute approximate surface area is 119 Å². The zero-order valence-electron chi connectivity index (χ0n) is 10.6. The molecule has 0 atom stereocenters. The first kappa shape index (κ1) is 15.0. The van der Waals surface area contributed by atoms with Crippen molar-refractivity contribution in [3.63, 3.8) is 0 Å². The highest BCUT2D eigenvalue weighted by Crippen LogP contribution is 2.36. The van der Waals surface area contributed by atoms with Crippen LogP contribution in [0.2, 0.25) is 5.02 Å². The summed E-state index contributed by atoms with van der Waals surface area (Å²) in [5, 5.41) is 2.24. The van der Waals surface area contributed by atoms with Crippen molar-refractivity contribution >= 4 is 28.9 Å². The SMILES string of the molecule is O=C(Nc1cccc(Cl)c1N1CCCCC1)C(F)(F)F. The smallest absolute Gasteiger partial charge is 0.369 e. The van der Waals surface area contributed by atoms with Crippen LogP contribution in [0.5, 0.6) is 0 Å². The van der Waals surface area contributed by atoms with Crippen LogP contribution >= 0.6 is 11.6 Å². The molecule has 0 radical (unpaired) electrons. The number of para-hydroxylation sites is 1. The minimum atomic E-state index is -4.92. The second kappa shape index (κ2) is 5.91. The van der Waals surface area contributed by atoms with Crippen molar-refractivity contribution in [2.45, 2.75) is 25.4 Å². The van der Waals surface area contributed by atoms with E-state index in [1.54, 1.807) is 6.07 Å². The van der Waals surface area contributed by atoms with Gasteiger partial charge in [0.2, 0.25) is 0 Å². The van der Waals surface area contributed by atoms with Crippen molar-refractivity contribution in [3.8, 4) is 0 Å². The van der Waals surface area contributed by atoms with Crippen LogP contribution in [0.3, 0.4) is 0 Å². The average molecular weight is 307 g/mol. The van der Waals surface area contributed by atoms with E-state index < -0.39 is 12.1 Å². The van der Waals surface area contributed by atoms with Crippen LogP contribution in [0.15, 0.2) is 18.2 Å². The normalized spacial score (nSPS) is 16.1. The summed E-state index contributed by atoms with van der Waals surface area (Å²) in [6.07, 6.45) is -1.91. The van der Waals surface area contributed by atoms with Crippen LogP contribution in [0.4, 0.5) is 24.5 Å². The zero-order valence-corrected chi connectivity index (χ0v) is 11.4. The van der Waals surface area contributed by atoms with E-state index in [2.05, 4.69) is 0 Å². The lowest BCUT2D eigenvalue weighted by Crippen LogP contribution is -2.33. The van der Waals surface area contributed by atoms with E-state index in [9.17, 15) is 18.0 Å². The maximum Gasteiger partial charge on any atom is 0.471 e. The van der Waals surface area contributed by atoms with Gasteiger partial charge in [-0.05, 0) is 31.4 Å². The average Bonchev–Trinajstić information content (AvgIpc) is 2.39. The zero-order chi connectivity index (χ0) is 14.8. The van der Waals surface area contributed by atoms with Gasteiger partial charge in [-0.3, -0.25) is 4.79 Å². The number of nitrogens with zero attached hydrogens (tertiary/aromatic N) is 1. The summed E-state index contributed by atoms with van der Waals surface area (Å²) in [6, 6.07) is 4.55. The molecule has 1 N–H and O–H groups in total. The number of carbonyl (C=O) groups is 1. The fourth-order valence-electron chi connectivity index (χ4n) is 2.25. The predicted molar refractivity (Wildman–Crippen MR) is 72.2 cm³/mol. The van der Waals surface area contributed by atoms with E-state index in [0.29, 0.717) is 10.7 Å². The van der Waals surface area contributed by atoms with Crippen LogP contribution in [-0.4, -0.2) is 25.2 Å². The molecule has 0 bridgehead atoms. The number of carbonyl (C=O) groups excluding carboxylic acids is 1. The summed E-state index contributed by atoms with van der Waals surface area (Å²) >= 11 is 6.09. The summed E-state index contributed by atoms with van der Waals surface area (Å²) in [4.78, 5) is 13.0. The molecule has 1 saturated heterocycles. The molecule has 0 aromatic heterocycles. The first-order valence-corrected chi connectivity index (χ1v) is 6.69. The molecule has 1 aliphatic heterocycles. The molecule has 0 unspecified atom stereocenters. The Bertz CT molecular complexity index is 499. The molecule has 0 spiro atoms. The monoisotopic (exact) mass is 306 g/mol. The minimum Gasteiger partial charge on any atom is -0.369 e. The number of halogens is 4. The number of piperidine rings is 1. The summed E-state index contributed by atoms with van der Waals surface area (Å²) in [5.74, 6) is -1.99. The molecule has 1 aromatic rings. The largest absolute Gasteiger partial charge is 0.471 e. The molecule has 1 heterocycles. The van der Waals surface area contributed by atoms with Crippen LogP contribution in [0.1, 0.15) is 19.3 Å². The first-order valence-electron chi connectivity index (χ1n) is 6.31. The van der Waals surface area contributed by atoms with Gasteiger partial charge in [0.25, 0.3) is 0 Å². The Morgan fingerprint density at radius 3 is 2.45 bits per heavy atom. The molecule has 1 amide bonds. The number of amides is 1. The number of alkyl halides is 3. The molecule has 20 heavy (non-hydrogen) atoms. The maximum absolute atomic E-state index is 12.4. The summed E-state index contributed by atoms with van der Waals surface area (Å²) in [5.41, 5.74) is 0.563. The van der Waals surface area contributed by atoms with Gasteiger partial charge in [0.15, 0.2) is 0 Å². The lowest BCUT2D eigenvalue weighted by Gasteiger charge is -2.31. The molecule has 0 aliphatic carbocycles. The van der Waals surface area contributed by atoms with Crippen molar-refractivity contribution in [1.82, 2.24) is 0 Å². The maximum atomic E-state index is 12.4. The molecular formula is C13H14ClF3N2O. The topological polar surface area (TPSA) is 32.3 Å². The Hall–Kier alpha value is -1.43. The highest BCUT2D eigenvalue weighted by Gasteiger charge is 2.39. The van der Waals surface area contributed by atoms with Crippen molar-refractivity contribution < 1.29 is 18.0 Å². The molecular weight excluding hydrogens is 293 g/mol. The fraction of sp³-hybridized carbons (Fsp3) is 0.462. The lowest BCUT2D eigenvalue weighted by atomic mass is 10.1. The van der Waals surface area contributed by atoms with Crippen LogP contribution < -0.4 is 10.2 Å². The van der Waals surface area contributed by atoms with Gasteiger partial charge in [0.05, 0.1) is 16.4 Å². The van der Waals surface area contributed by atoms with E-state index in [1.165, 1.54) is 12.1 Å². The summed E-state index contributed by atoms with van der Waals surface area (Å²) in [6.45, 7) is 1.44. The van der Waals surface area contributed by atoms with Gasteiger partial charge in [-0.2, -0.15) is 13.2 Å². The molecule has 1 aromatic carbocycles. The van der Waals surface area contributed by atoms with Crippen molar-refractivity contribution in [2.75, 3.05) is 23.3 Å². The van der Waals surface area contributed by atoms with Gasteiger partial charge in [0, 0.05) is 13.1 Å². The van der Waals surface area contributed by atoms with E-state index in [-0.39, 0.29) is 5.69 Å². The summed E-state index contributed by atoms with van der Waals surface area (Å²) < 4.78 is 37.1. The number of anilines is 2. The fourth-order valence-corrected chi connectivity index (χ4v) is 2.54. The molecule has 0 saturated carbocycles. The molecule has 1 fully saturated rings. The Balaban J connectivity index is 2.28. The van der Waals surface area contributed by atoms with Crippen LogP contribution in [-0.2, 0) is 4.79 Å². The Kier molecular flexibility index (Phi) is 4.42. The van der Waals surface area contributed by atoms with Gasteiger partial charge in [0.1, 0.15) is 0 Å². The summed E-state index contributed by atoms with van der Waals surface area (Å²) in [7, 11) is 0. The van der Waals surface area contributed by atoms with Gasteiger partial charge < -0.3 is 10.2 Å². The van der Waals surface area contributed by atoms with E-state index in [1.807, 2.05) is 10.2 Å². The van der Waals surface area contributed by atoms with E-state index in [4.69, 9.17) is 11.6 Å². The Morgan fingerprint density at radius 1 is 1.20 bits per heavy atom. The van der Waals surface area contributed by atoms with Gasteiger partial charge in [-0.25, -0.2) is 0 Å². The standard InChI is InChI=1S/C13H14ClF3N2O/c14-9-5-4-6-10(18-12(20)13(15,16)17)11(9)19-7-2-1-3-8-19/h4-6H,1-3,7-8H2,(H,18,20). The highest BCUT2D eigenvalue weighted by molar-refractivity contribution is 6.34. The number of rotatable bonds is 2. The number of hydrogen-bond acceptors (Lipinski definition) is 2. The molecule has 7 heteroatoms. The third kappa shape index (κ3) is 3.36. The number of benzene rings is 1. The highest BCUT2D eigenvalue weighted by atomic mass is 35.5.